The normalized spacial score (nSPS) is 12.0. The molecule has 0 atom stereocenters. The maximum Gasteiger partial charge on any atom is 0.0697 e. The van der Waals surface area contributed by atoms with Gasteiger partial charge in [0.15, 0.2) is 0 Å². The Balaban J connectivity index is 3.01. The van der Waals surface area contributed by atoms with Crippen molar-refractivity contribution in [2.24, 2.45) is 5.41 Å². The fourth-order valence-electron chi connectivity index (χ4n) is 1.03. The largest absolute Gasteiger partial charge is 0.394 e. The van der Waals surface area contributed by atoms with Crippen LogP contribution in [0.5, 0.6) is 0 Å². The summed E-state index contributed by atoms with van der Waals surface area (Å²) in [7, 11) is 0. The van der Waals surface area contributed by atoms with E-state index >= 15 is 0 Å². The van der Waals surface area contributed by atoms with Gasteiger partial charge in [-0.25, -0.2) is 0 Å². The standard InChI is InChI=1S/C10H22O2/c1-10(2,3)6-4-5-8-12-9-7-11/h11H,4-9H2,1-3H3. The highest BCUT2D eigenvalue weighted by atomic mass is 16.5. The van der Waals surface area contributed by atoms with Gasteiger partial charge >= 0.3 is 0 Å². The maximum absolute atomic E-state index is 8.43. The minimum Gasteiger partial charge on any atom is -0.394 e. The van der Waals surface area contributed by atoms with Crippen LogP contribution in [-0.4, -0.2) is 24.9 Å². The number of rotatable bonds is 6. The summed E-state index contributed by atoms with van der Waals surface area (Å²) in [6.45, 7) is 8.16. The van der Waals surface area contributed by atoms with Crippen molar-refractivity contribution in [1.82, 2.24) is 0 Å². The first-order chi connectivity index (χ1) is 5.56. The Morgan fingerprint density at radius 2 is 1.75 bits per heavy atom. The molecule has 0 aromatic heterocycles. The van der Waals surface area contributed by atoms with E-state index in [0.717, 1.165) is 13.0 Å². The smallest absolute Gasteiger partial charge is 0.0697 e. The first-order valence-corrected chi connectivity index (χ1v) is 4.75. The Morgan fingerprint density at radius 3 is 2.25 bits per heavy atom. The lowest BCUT2D eigenvalue weighted by Gasteiger charge is -2.17. The lowest BCUT2D eigenvalue weighted by molar-refractivity contribution is 0.0883. The van der Waals surface area contributed by atoms with Gasteiger partial charge in [0, 0.05) is 6.61 Å². The summed E-state index contributed by atoms with van der Waals surface area (Å²) in [5.41, 5.74) is 0.441. The second-order valence-electron chi connectivity index (χ2n) is 4.35. The predicted molar refractivity (Wildman–Crippen MR) is 51.2 cm³/mol. The lowest BCUT2D eigenvalue weighted by atomic mass is 9.90. The molecule has 0 heterocycles. The molecular formula is C10H22O2. The van der Waals surface area contributed by atoms with Crippen LogP contribution < -0.4 is 0 Å². The van der Waals surface area contributed by atoms with E-state index in [9.17, 15) is 0 Å². The molecule has 0 saturated heterocycles. The first-order valence-electron chi connectivity index (χ1n) is 4.75. The quantitative estimate of drug-likeness (QED) is 0.626. The van der Waals surface area contributed by atoms with E-state index in [1.165, 1.54) is 12.8 Å². The van der Waals surface area contributed by atoms with Crippen LogP contribution in [0.3, 0.4) is 0 Å². The van der Waals surface area contributed by atoms with Crippen molar-refractivity contribution in [2.75, 3.05) is 19.8 Å². The van der Waals surface area contributed by atoms with Crippen molar-refractivity contribution in [1.29, 1.82) is 0 Å². The van der Waals surface area contributed by atoms with E-state index in [0.29, 0.717) is 12.0 Å². The van der Waals surface area contributed by atoms with Crippen LogP contribution in [0, 0.1) is 5.41 Å². The number of ether oxygens (including phenoxy) is 1. The summed E-state index contributed by atoms with van der Waals surface area (Å²) < 4.78 is 5.15. The highest BCUT2D eigenvalue weighted by Crippen LogP contribution is 2.21. The third kappa shape index (κ3) is 9.92. The Bertz CT molecular complexity index is 94.5. The minimum atomic E-state index is 0.138. The molecular weight excluding hydrogens is 152 g/mol. The minimum absolute atomic E-state index is 0.138. The highest BCUT2D eigenvalue weighted by Gasteiger charge is 2.08. The maximum atomic E-state index is 8.43. The fraction of sp³-hybridized carbons (Fsp3) is 1.00. The summed E-state index contributed by atoms with van der Waals surface area (Å²) in [6, 6.07) is 0. The molecule has 0 aliphatic heterocycles. The molecule has 0 radical (unpaired) electrons. The Kier molecular flexibility index (Phi) is 6.39. The van der Waals surface area contributed by atoms with E-state index in [-0.39, 0.29) is 6.61 Å². The molecule has 2 nitrogen and oxygen atoms in total. The van der Waals surface area contributed by atoms with Gasteiger partial charge in [-0.2, -0.15) is 0 Å². The van der Waals surface area contributed by atoms with Crippen LogP contribution in [0.25, 0.3) is 0 Å². The average Bonchev–Trinajstić information content (AvgIpc) is 1.94. The fourth-order valence-corrected chi connectivity index (χ4v) is 1.03. The molecule has 0 rings (SSSR count). The SMILES string of the molecule is CC(C)(C)CCCCOCCO. The molecule has 0 fully saturated rings. The van der Waals surface area contributed by atoms with Crippen LogP contribution >= 0.6 is 0 Å². The molecule has 0 bridgehead atoms. The van der Waals surface area contributed by atoms with Gasteiger partial charge in [-0.05, 0) is 18.3 Å². The molecule has 0 unspecified atom stereocenters. The molecule has 1 N–H and O–H groups in total. The van der Waals surface area contributed by atoms with Crippen LogP contribution in [-0.2, 0) is 4.74 Å². The molecule has 2 heteroatoms. The van der Waals surface area contributed by atoms with Crippen LogP contribution in [0.15, 0.2) is 0 Å². The number of hydrogen-bond acceptors (Lipinski definition) is 2. The monoisotopic (exact) mass is 174 g/mol. The van der Waals surface area contributed by atoms with E-state index in [2.05, 4.69) is 20.8 Å². The van der Waals surface area contributed by atoms with Gasteiger partial charge in [-0.3, -0.25) is 0 Å². The zero-order valence-corrected chi connectivity index (χ0v) is 8.60. The van der Waals surface area contributed by atoms with Gasteiger partial charge in [0.25, 0.3) is 0 Å². The topological polar surface area (TPSA) is 29.5 Å². The molecule has 0 aromatic rings. The second kappa shape index (κ2) is 6.44. The van der Waals surface area contributed by atoms with E-state index in [4.69, 9.17) is 9.84 Å². The summed E-state index contributed by atoms with van der Waals surface area (Å²) in [5, 5.41) is 8.43. The third-order valence-electron chi connectivity index (χ3n) is 1.70. The van der Waals surface area contributed by atoms with Crippen molar-refractivity contribution < 1.29 is 9.84 Å². The summed E-state index contributed by atoms with van der Waals surface area (Å²) in [4.78, 5) is 0. The Morgan fingerprint density at radius 1 is 1.08 bits per heavy atom. The number of hydrogen-bond donors (Lipinski definition) is 1. The van der Waals surface area contributed by atoms with E-state index in [1.54, 1.807) is 0 Å². The van der Waals surface area contributed by atoms with E-state index < -0.39 is 0 Å². The molecule has 0 aliphatic carbocycles. The van der Waals surface area contributed by atoms with Gasteiger partial charge in [0.1, 0.15) is 0 Å². The van der Waals surface area contributed by atoms with Crippen LogP contribution in [0.4, 0.5) is 0 Å². The Labute approximate surface area is 75.9 Å². The van der Waals surface area contributed by atoms with Gasteiger partial charge in [0.05, 0.1) is 13.2 Å². The zero-order chi connectivity index (χ0) is 9.45. The number of aliphatic hydroxyl groups is 1. The van der Waals surface area contributed by atoms with Gasteiger partial charge in [-0.1, -0.05) is 27.2 Å². The Hall–Kier alpha value is -0.0800. The van der Waals surface area contributed by atoms with Gasteiger partial charge < -0.3 is 9.84 Å². The molecule has 0 spiro atoms. The number of unbranched alkanes of at least 4 members (excludes halogenated alkanes) is 1. The molecule has 74 valence electrons. The summed E-state index contributed by atoms with van der Waals surface area (Å²) in [5.74, 6) is 0. The van der Waals surface area contributed by atoms with Crippen molar-refractivity contribution in [3.8, 4) is 0 Å². The highest BCUT2D eigenvalue weighted by molar-refractivity contribution is 4.60. The molecule has 0 aromatic carbocycles. The van der Waals surface area contributed by atoms with Crippen molar-refractivity contribution in [3.63, 3.8) is 0 Å². The van der Waals surface area contributed by atoms with Crippen molar-refractivity contribution in [2.45, 2.75) is 40.0 Å². The second-order valence-corrected chi connectivity index (χ2v) is 4.35. The lowest BCUT2D eigenvalue weighted by Crippen LogP contribution is -2.06. The summed E-state index contributed by atoms with van der Waals surface area (Å²) in [6.07, 6.45) is 3.57. The van der Waals surface area contributed by atoms with Crippen molar-refractivity contribution >= 4 is 0 Å². The van der Waals surface area contributed by atoms with Crippen LogP contribution in [0.1, 0.15) is 40.0 Å². The molecule has 0 aliphatic rings. The zero-order valence-electron chi connectivity index (χ0n) is 8.60. The average molecular weight is 174 g/mol. The predicted octanol–water partition coefficient (Wildman–Crippen LogP) is 2.21. The molecule has 0 amide bonds. The van der Waals surface area contributed by atoms with Crippen LogP contribution in [0.2, 0.25) is 0 Å². The van der Waals surface area contributed by atoms with Gasteiger partial charge in [-0.15, -0.1) is 0 Å². The number of aliphatic hydroxyl groups excluding tert-OH is 1. The molecule has 12 heavy (non-hydrogen) atoms. The van der Waals surface area contributed by atoms with E-state index in [1.807, 2.05) is 0 Å². The van der Waals surface area contributed by atoms with Gasteiger partial charge in [0.2, 0.25) is 0 Å². The third-order valence-corrected chi connectivity index (χ3v) is 1.70. The van der Waals surface area contributed by atoms with Crippen molar-refractivity contribution in [3.05, 3.63) is 0 Å². The molecule has 0 saturated carbocycles. The first kappa shape index (κ1) is 11.9. The summed E-state index contributed by atoms with van der Waals surface area (Å²) >= 11 is 0.